The van der Waals surface area contributed by atoms with Gasteiger partial charge >= 0.3 is 5.69 Å². The van der Waals surface area contributed by atoms with Crippen molar-refractivity contribution >= 4 is 10.9 Å². The summed E-state index contributed by atoms with van der Waals surface area (Å²) in [6, 6.07) is 12.3. The van der Waals surface area contributed by atoms with Crippen LogP contribution in [0, 0.1) is 5.92 Å². The monoisotopic (exact) mass is 436 g/mol. The molecule has 9 heteroatoms. The lowest BCUT2D eigenvalue weighted by Crippen LogP contribution is -2.41. The van der Waals surface area contributed by atoms with Gasteiger partial charge in [-0.25, -0.2) is 4.79 Å². The van der Waals surface area contributed by atoms with Gasteiger partial charge in [0.2, 0.25) is 11.7 Å². The van der Waals surface area contributed by atoms with E-state index >= 15 is 0 Å². The number of methoxy groups -OCH3 is 2. The van der Waals surface area contributed by atoms with Crippen molar-refractivity contribution in [2.45, 2.75) is 26.9 Å². The predicted molar refractivity (Wildman–Crippen MR) is 119 cm³/mol. The van der Waals surface area contributed by atoms with E-state index in [-0.39, 0.29) is 23.9 Å². The summed E-state index contributed by atoms with van der Waals surface area (Å²) in [5.41, 5.74) is 0.494. The van der Waals surface area contributed by atoms with E-state index in [9.17, 15) is 9.59 Å². The quantitative estimate of drug-likeness (QED) is 0.439. The number of aromatic nitrogens is 4. The molecule has 0 fully saturated rings. The van der Waals surface area contributed by atoms with Crippen molar-refractivity contribution in [2.24, 2.45) is 5.92 Å². The highest BCUT2D eigenvalue weighted by molar-refractivity contribution is 5.77. The van der Waals surface area contributed by atoms with Crippen LogP contribution in [0.25, 0.3) is 22.3 Å². The molecule has 0 atom stereocenters. The summed E-state index contributed by atoms with van der Waals surface area (Å²) in [7, 11) is 3.11. The summed E-state index contributed by atoms with van der Waals surface area (Å²) in [5, 5.41) is 4.51. The minimum atomic E-state index is -0.409. The molecule has 0 N–H and O–H groups in total. The van der Waals surface area contributed by atoms with Crippen LogP contribution in [0.15, 0.2) is 56.6 Å². The summed E-state index contributed by atoms with van der Waals surface area (Å²) in [5.74, 6) is 1.87. The highest BCUT2D eigenvalue weighted by Gasteiger charge is 2.17. The van der Waals surface area contributed by atoms with Gasteiger partial charge in [-0.2, -0.15) is 4.98 Å². The summed E-state index contributed by atoms with van der Waals surface area (Å²) in [4.78, 5) is 30.5. The Hall–Kier alpha value is -3.88. The zero-order chi connectivity index (χ0) is 22.8. The number of benzene rings is 2. The molecule has 2 aromatic heterocycles. The zero-order valence-corrected chi connectivity index (χ0v) is 18.4. The minimum Gasteiger partial charge on any atom is -0.493 e. The van der Waals surface area contributed by atoms with Gasteiger partial charge in [0.1, 0.15) is 6.54 Å². The number of fused-ring (bicyclic) bond motifs is 1. The summed E-state index contributed by atoms with van der Waals surface area (Å²) in [6.45, 7) is 4.28. The molecule has 0 saturated heterocycles. The Bertz CT molecular complexity index is 1380. The molecular weight excluding hydrogens is 412 g/mol. The maximum atomic E-state index is 13.2. The molecule has 0 amide bonds. The van der Waals surface area contributed by atoms with E-state index < -0.39 is 5.69 Å². The van der Waals surface area contributed by atoms with Crippen molar-refractivity contribution in [3.8, 4) is 22.9 Å². The first-order chi connectivity index (χ1) is 15.4. The van der Waals surface area contributed by atoms with E-state index in [0.717, 1.165) is 0 Å². The predicted octanol–water partition coefficient (Wildman–Crippen LogP) is 2.93. The number of rotatable bonds is 7. The molecule has 4 rings (SSSR count). The summed E-state index contributed by atoms with van der Waals surface area (Å²) < 4.78 is 18.8. The molecule has 2 aromatic carbocycles. The van der Waals surface area contributed by atoms with Crippen LogP contribution in [0.1, 0.15) is 19.7 Å². The number of hydrogen-bond acceptors (Lipinski definition) is 7. The molecular formula is C23H24N4O5. The number of nitrogens with zero attached hydrogens (tertiary/aromatic N) is 4. The third-order valence-electron chi connectivity index (χ3n) is 5.08. The second-order valence-corrected chi connectivity index (χ2v) is 7.78. The van der Waals surface area contributed by atoms with Crippen molar-refractivity contribution in [3.63, 3.8) is 0 Å². The SMILES string of the molecule is COc1ccc(-c2noc(Cn3c(=O)n(CC(C)C)c(=O)c4ccccc43)n2)cc1OC. The Morgan fingerprint density at radius 3 is 2.47 bits per heavy atom. The fraction of sp³-hybridized carbons (Fsp3) is 0.304. The van der Waals surface area contributed by atoms with Crippen LogP contribution in [-0.2, 0) is 13.1 Å². The van der Waals surface area contributed by atoms with Crippen LogP contribution in [-0.4, -0.2) is 33.5 Å². The molecule has 0 radical (unpaired) electrons. The molecule has 9 nitrogen and oxygen atoms in total. The maximum absolute atomic E-state index is 13.2. The Balaban J connectivity index is 1.76. The number of para-hydroxylation sites is 1. The Morgan fingerprint density at radius 1 is 1.00 bits per heavy atom. The molecule has 0 spiro atoms. The molecule has 4 aromatic rings. The van der Waals surface area contributed by atoms with Gasteiger partial charge in [0.25, 0.3) is 5.56 Å². The molecule has 0 aliphatic carbocycles. The van der Waals surface area contributed by atoms with E-state index in [0.29, 0.717) is 40.3 Å². The first-order valence-corrected chi connectivity index (χ1v) is 10.2. The van der Waals surface area contributed by atoms with Crippen LogP contribution < -0.4 is 20.7 Å². The van der Waals surface area contributed by atoms with E-state index in [1.807, 2.05) is 13.8 Å². The van der Waals surface area contributed by atoms with Crippen molar-refractivity contribution < 1.29 is 14.0 Å². The molecule has 32 heavy (non-hydrogen) atoms. The van der Waals surface area contributed by atoms with Crippen molar-refractivity contribution in [1.82, 2.24) is 19.3 Å². The molecule has 0 aliphatic rings. The summed E-state index contributed by atoms with van der Waals surface area (Å²) >= 11 is 0. The fourth-order valence-corrected chi connectivity index (χ4v) is 3.60. The van der Waals surface area contributed by atoms with Crippen LogP contribution in [0.4, 0.5) is 0 Å². The number of ether oxygens (including phenoxy) is 2. The van der Waals surface area contributed by atoms with E-state index in [1.54, 1.807) is 56.7 Å². The molecule has 166 valence electrons. The van der Waals surface area contributed by atoms with Gasteiger partial charge in [0, 0.05) is 12.1 Å². The van der Waals surface area contributed by atoms with Crippen LogP contribution in [0.3, 0.4) is 0 Å². The third-order valence-corrected chi connectivity index (χ3v) is 5.08. The van der Waals surface area contributed by atoms with Crippen molar-refractivity contribution in [2.75, 3.05) is 14.2 Å². The maximum Gasteiger partial charge on any atom is 0.331 e. The number of hydrogen-bond donors (Lipinski definition) is 0. The van der Waals surface area contributed by atoms with Gasteiger partial charge in [-0.15, -0.1) is 0 Å². The van der Waals surface area contributed by atoms with Crippen molar-refractivity contribution in [3.05, 3.63) is 69.2 Å². The topological polar surface area (TPSA) is 101 Å². The fourth-order valence-electron chi connectivity index (χ4n) is 3.60. The summed E-state index contributed by atoms with van der Waals surface area (Å²) in [6.07, 6.45) is 0. The van der Waals surface area contributed by atoms with Gasteiger partial charge in [0.05, 0.1) is 25.1 Å². The van der Waals surface area contributed by atoms with E-state index in [1.165, 1.54) is 9.13 Å². The lowest BCUT2D eigenvalue weighted by atomic mass is 10.2. The second kappa shape index (κ2) is 8.70. The van der Waals surface area contributed by atoms with E-state index in [4.69, 9.17) is 14.0 Å². The van der Waals surface area contributed by atoms with E-state index in [2.05, 4.69) is 10.1 Å². The van der Waals surface area contributed by atoms with Crippen LogP contribution in [0.5, 0.6) is 11.5 Å². The Labute approximate surface area is 183 Å². The van der Waals surface area contributed by atoms with Crippen LogP contribution >= 0.6 is 0 Å². The lowest BCUT2D eigenvalue weighted by molar-refractivity contribution is 0.355. The molecule has 0 aliphatic heterocycles. The largest absolute Gasteiger partial charge is 0.493 e. The van der Waals surface area contributed by atoms with Gasteiger partial charge in [-0.05, 0) is 36.2 Å². The minimum absolute atomic E-state index is 0.0397. The Kier molecular flexibility index (Phi) is 5.81. The smallest absolute Gasteiger partial charge is 0.331 e. The molecule has 0 bridgehead atoms. The van der Waals surface area contributed by atoms with Gasteiger partial charge in [0.15, 0.2) is 11.5 Å². The first kappa shape index (κ1) is 21.4. The second-order valence-electron chi connectivity index (χ2n) is 7.78. The van der Waals surface area contributed by atoms with Crippen LogP contribution in [0.2, 0.25) is 0 Å². The van der Waals surface area contributed by atoms with Crippen molar-refractivity contribution in [1.29, 1.82) is 0 Å². The standard InChI is InChI=1S/C23H24N4O5/c1-14(2)12-27-22(28)16-7-5-6-8-17(16)26(23(27)29)13-20-24-21(25-32-20)15-9-10-18(30-3)19(11-15)31-4/h5-11,14H,12-13H2,1-4H3. The third kappa shape index (κ3) is 3.89. The molecule has 0 saturated carbocycles. The Morgan fingerprint density at radius 2 is 1.75 bits per heavy atom. The average Bonchev–Trinajstić information content (AvgIpc) is 3.27. The average molecular weight is 436 g/mol. The zero-order valence-electron chi connectivity index (χ0n) is 18.4. The normalized spacial score (nSPS) is 11.3. The first-order valence-electron chi connectivity index (χ1n) is 10.2. The molecule has 2 heterocycles. The molecule has 0 unspecified atom stereocenters. The highest BCUT2D eigenvalue weighted by Crippen LogP contribution is 2.31. The van der Waals surface area contributed by atoms with Gasteiger partial charge in [-0.1, -0.05) is 31.1 Å². The lowest BCUT2D eigenvalue weighted by Gasteiger charge is -2.14. The van der Waals surface area contributed by atoms with Gasteiger partial charge in [-0.3, -0.25) is 13.9 Å². The highest BCUT2D eigenvalue weighted by atomic mass is 16.5. The van der Waals surface area contributed by atoms with Gasteiger partial charge < -0.3 is 14.0 Å².